The van der Waals surface area contributed by atoms with Gasteiger partial charge >= 0.3 is 0 Å². The number of hydrogen-bond acceptors (Lipinski definition) is 4. The molecule has 1 saturated heterocycles. The number of thioether (sulfide) groups is 1. The lowest BCUT2D eigenvalue weighted by Gasteiger charge is -2.15. The minimum absolute atomic E-state index is 0.239. The van der Waals surface area contributed by atoms with E-state index in [-0.39, 0.29) is 11.1 Å². The van der Waals surface area contributed by atoms with Crippen LogP contribution in [-0.2, 0) is 4.79 Å². The molecule has 2 aromatic carbocycles. The number of imide groups is 1. The molecule has 1 heterocycles. The summed E-state index contributed by atoms with van der Waals surface area (Å²) in [4.78, 5) is 25.9. The molecule has 1 atom stereocenters. The summed E-state index contributed by atoms with van der Waals surface area (Å²) in [5.74, 6) is -0.239. The van der Waals surface area contributed by atoms with Gasteiger partial charge in [-0.1, -0.05) is 17.7 Å². The van der Waals surface area contributed by atoms with E-state index in [9.17, 15) is 9.59 Å². The second-order valence-electron chi connectivity index (χ2n) is 4.92. The van der Waals surface area contributed by atoms with E-state index in [4.69, 9.17) is 0 Å². The highest BCUT2D eigenvalue weighted by molar-refractivity contribution is 14.1. The first-order valence-electron chi connectivity index (χ1n) is 6.68. The Hall–Kier alpha value is -1.54. The van der Waals surface area contributed by atoms with Crippen molar-refractivity contribution in [3.8, 4) is 0 Å². The Morgan fingerprint density at radius 1 is 1.05 bits per heavy atom. The molecule has 1 aliphatic rings. The molecule has 0 bridgehead atoms. The van der Waals surface area contributed by atoms with Crippen LogP contribution in [-0.4, -0.2) is 16.5 Å². The Morgan fingerprint density at radius 2 is 1.68 bits per heavy atom. The second-order valence-corrected chi connectivity index (χ2v) is 7.23. The lowest BCUT2D eigenvalue weighted by atomic mass is 10.2. The molecule has 2 aromatic rings. The zero-order chi connectivity index (χ0) is 15.7. The molecule has 0 aliphatic carbocycles. The fraction of sp³-hybridized carbons (Fsp3) is 0.125. The van der Waals surface area contributed by atoms with Crippen LogP contribution < -0.4 is 10.2 Å². The molecule has 112 valence electrons. The molecule has 0 saturated carbocycles. The number of nitrogens with zero attached hydrogens (tertiary/aromatic N) is 1. The average molecular weight is 424 g/mol. The van der Waals surface area contributed by atoms with Gasteiger partial charge in [-0.15, -0.1) is 0 Å². The first kappa shape index (κ1) is 15.4. The van der Waals surface area contributed by atoms with E-state index in [1.165, 1.54) is 4.90 Å². The summed E-state index contributed by atoms with van der Waals surface area (Å²) in [6.45, 7) is 1.97. The van der Waals surface area contributed by atoms with Crippen LogP contribution in [0.1, 0.15) is 5.56 Å². The zero-order valence-corrected chi connectivity index (χ0v) is 14.7. The van der Waals surface area contributed by atoms with E-state index in [1.54, 1.807) is 12.1 Å². The van der Waals surface area contributed by atoms with Gasteiger partial charge < -0.3 is 5.32 Å². The molecule has 6 heteroatoms. The van der Waals surface area contributed by atoms with Crippen molar-refractivity contribution in [2.24, 2.45) is 0 Å². The fourth-order valence-electron chi connectivity index (χ4n) is 2.13. The maximum absolute atomic E-state index is 12.5. The van der Waals surface area contributed by atoms with Crippen molar-refractivity contribution in [1.29, 1.82) is 0 Å². The van der Waals surface area contributed by atoms with Gasteiger partial charge in [-0.3, -0.25) is 9.59 Å². The SMILES string of the molecule is Cc1ccc(N2C(=O)S[C@@H](Nc3ccc(I)cc3)C2=O)cc1. The quantitative estimate of drug-likeness (QED) is 0.750. The number of rotatable bonds is 3. The molecule has 1 N–H and O–H groups in total. The summed E-state index contributed by atoms with van der Waals surface area (Å²) in [5, 5.41) is 2.27. The number of anilines is 2. The smallest absolute Gasteiger partial charge is 0.295 e. The van der Waals surface area contributed by atoms with Crippen LogP contribution in [0.2, 0.25) is 0 Å². The van der Waals surface area contributed by atoms with Crippen molar-refractivity contribution in [3.63, 3.8) is 0 Å². The number of nitrogens with one attached hydrogen (secondary N) is 1. The first-order valence-corrected chi connectivity index (χ1v) is 8.64. The molecule has 0 radical (unpaired) electrons. The molecule has 1 fully saturated rings. The zero-order valence-electron chi connectivity index (χ0n) is 11.7. The molecule has 1 aliphatic heterocycles. The van der Waals surface area contributed by atoms with Crippen molar-refractivity contribution in [2.75, 3.05) is 10.2 Å². The van der Waals surface area contributed by atoms with Gasteiger partial charge in [-0.25, -0.2) is 4.90 Å². The van der Waals surface area contributed by atoms with E-state index in [0.717, 1.165) is 26.6 Å². The van der Waals surface area contributed by atoms with Crippen LogP contribution in [0.25, 0.3) is 0 Å². The Kier molecular flexibility index (Phi) is 4.39. The van der Waals surface area contributed by atoms with Crippen molar-refractivity contribution < 1.29 is 9.59 Å². The number of benzene rings is 2. The van der Waals surface area contributed by atoms with Gasteiger partial charge in [0.25, 0.3) is 11.1 Å². The molecule has 0 spiro atoms. The minimum atomic E-state index is -0.589. The van der Waals surface area contributed by atoms with E-state index < -0.39 is 5.37 Å². The van der Waals surface area contributed by atoms with E-state index in [1.807, 2.05) is 43.3 Å². The minimum Gasteiger partial charge on any atom is -0.365 e. The number of amides is 2. The van der Waals surface area contributed by atoms with Gasteiger partial charge in [0, 0.05) is 9.26 Å². The first-order chi connectivity index (χ1) is 10.5. The standard InChI is InChI=1S/C16H13IN2O2S/c1-10-2-8-13(9-3-10)19-15(20)14(22-16(19)21)18-12-6-4-11(17)5-7-12/h2-9,14,18H,1H3/t14-/m1/s1. The summed E-state index contributed by atoms with van der Waals surface area (Å²) < 4.78 is 1.12. The lowest BCUT2D eigenvalue weighted by Crippen LogP contribution is -2.34. The highest BCUT2D eigenvalue weighted by Crippen LogP contribution is 2.32. The molecular weight excluding hydrogens is 411 g/mol. The van der Waals surface area contributed by atoms with E-state index in [0.29, 0.717) is 5.69 Å². The largest absolute Gasteiger partial charge is 0.365 e. The summed E-state index contributed by atoms with van der Waals surface area (Å²) in [6, 6.07) is 15.1. The molecule has 22 heavy (non-hydrogen) atoms. The molecule has 0 aromatic heterocycles. The van der Waals surface area contributed by atoms with Gasteiger partial charge in [0.15, 0.2) is 5.37 Å². The van der Waals surface area contributed by atoms with Crippen molar-refractivity contribution in [1.82, 2.24) is 0 Å². The van der Waals surface area contributed by atoms with Crippen LogP contribution in [0.5, 0.6) is 0 Å². The highest BCUT2D eigenvalue weighted by atomic mass is 127. The Labute approximate surface area is 146 Å². The Morgan fingerprint density at radius 3 is 2.32 bits per heavy atom. The number of aryl methyl sites for hydroxylation is 1. The van der Waals surface area contributed by atoms with E-state index in [2.05, 4.69) is 27.9 Å². The van der Waals surface area contributed by atoms with Gasteiger partial charge in [-0.05, 0) is 77.7 Å². The predicted octanol–water partition coefficient (Wildman–Crippen LogP) is 4.24. The fourth-order valence-corrected chi connectivity index (χ4v) is 3.39. The van der Waals surface area contributed by atoms with Crippen LogP contribution in [0.3, 0.4) is 0 Å². The Bertz CT molecular complexity index is 716. The Balaban J connectivity index is 1.79. The molecule has 4 nitrogen and oxygen atoms in total. The predicted molar refractivity (Wildman–Crippen MR) is 98.2 cm³/mol. The second kappa shape index (κ2) is 6.29. The van der Waals surface area contributed by atoms with Gasteiger partial charge in [0.2, 0.25) is 0 Å². The molecule has 0 unspecified atom stereocenters. The number of hydrogen-bond donors (Lipinski definition) is 1. The summed E-state index contributed by atoms with van der Waals surface area (Å²) >= 11 is 3.22. The van der Waals surface area contributed by atoms with Crippen LogP contribution in [0.4, 0.5) is 16.2 Å². The molecule has 3 rings (SSSR count). The van der Waals surface area contributed by atoms with Crippen LogP contribution >= 0.6 is 34.4 Å². The summed E-state index contributed by atoms with van der Waals surface area (Å²) in [7, 11) is 0. The van der Waals surface area contributed by atoms with Crippen LogP contribution in [0, 0.1) is 10.5 Å². The third-order valence-electron chi connectivity index (χ3n) is 3.28. The van der Waals surface area contributed by atoms with Gasteiger partial charge in [0.05, 0.1) is 5.69 Å². The van der Waals surface area contributed by atoms with Crippen molar-refractivity contribution >= 4 is 56.9 Å². The van der Waals surface area contributed by atoms with Crippen LogP contribution in [0.15, 0.2) is 48.5 Å². The highest BCUT2D eigenvalue weighted by Gasteiger charge is 2.40. The lowest BCUT2D eigenvalue weighted by molar-refractivity contribution is -0.116. The van der Waals surface area contributed by atoms with E-state index >= 15 is 0 Å². The molecular formula is C16H13IN2O2S. The maximum atomic E-state index is 12.5. The van der Waals surface area contributed by atoms with Gasteiger partial charge in [-0.2, -0.15) is 0 Å². The summed E-state index contributed by atoms with van der Waals surface area (Å²) in [6.07, 6.45) is 0. The topological polar surface area (TPSA) is 49.4 Å². The van der Waals surface area contributed by atoms with Gasteiger partial charge in [0.1, 0.15) is 0 Å². The number of carbonyl (C=O) groups excluding carboxylic acids is 2. The van der Waals surface area contributed by atoms with Crippen molar-refractivity contribution in [2.45, 2.75) is 12.3 Å². The normalized spacial score (nSPS) is 17.9. The average Bonchev–Trinajstić information content (AvgIpc) is 2.77. The third-order valence-corrected chi connectivity index (χ3v) is 4.94. The third kappa shape index (κ3) is 3.12. The van der Waals surface area contributed by atoms with Crippen molar-refractivity contribution in [3.05, 3.63) is 57.7 Å². The monoisotopic (exact) mass is 424 g/mol. The molecule has 2 amide bonds. The summed E-state index contributed by atoms with van der Waals surface area (Å²) in [5.41, 5.74) is 2.52. The number of carbonyl (C=O) groups is 2. The number of halogens is 1. The maximum Gasteiger partial charge on any atom is 0.295 e.